The Morgan fingerprint density at radius 1 is 1.43 bits per heavy atom. The summed E-state index contributed by atoms with van der Waals surface area (Å²) in [4.78, 5) is 23.6. The molecule has 1 spiro atoms. The van der Waals surface area contributed by atoms with Gasteiger partial charge >= 0.3 is 5.97 Å². The number of carbonyl (C=O) groups is 2. The fourth-order valence-corrected chi connectivity index (χ4v) is 4.42. The molecule has 3 rings (SSSR count). The molecule has 0 aromatic carbocycles. The van der Waals surface area contributed by atoms with Crippen molar-refractivity contribution in [1.29, 1.82) is 0 Å². The molecule has 1 heterocycles. The number of carbonyl (C=O) groups excluding carboxylic acids is 2. The molecular formula is C17H24O4. The van der Waals surface area contributed by atoms with Gasteiger partial charge in [-0.15, -0.1) is 0 Å². The molecule has 0 bridgehead atoms. The van der Waals surface area contributed by atoms with Crippen LogP contribution in [0.25, 0.3) is 0 Å². The van der Waals surface area contributed by atoms with Crippen LogP contribution in [0.1, 0.15) is 53.4 Å². The topological polar surface area (TPSA) is 55.9 Å². The minimum atomic E-state index is -0.719. The Morgan fingerprint density at radius 3 is 2.81 bits per heavy atom. The number of epoxide rings is 1. The molecule has 0 aromatic heterocycles. The van der Waals surface area contributed by atoms with Crippen LogP contribution in [0.4, 0.5) is 0 Å². The Balaban J connectivity index is 2.00. The van der Waals surface area contributed by atoms with Crippen molar-refractivity contribution in [3.05, 3.63) is 11.6 Å². The molecular weight excluding hydrogens is 268 g/mol. The average molecular weight is 292 g/mol. The first kappa shape index (κ1) is 14.8. The summed E-state index contributed by atoms with van der Waals surface area (Å²) in [5.41, 5.74) is 0.585. The molecule has 2 aliphatic carbocycles. The number of Topliss-reactive ketones (excluding diaryl/α,β-unsaturated/α-hetero) is 1. The van der Waals surface area contributed by atoms with Gasteiger partial charge in [0, 0.05) is 18.8 Å². The van der Waals surface area contributed by atoms with Gasteiger partial charge in [0.1, 0.15) is 5.60 Å². The molecule has 1 saturated heterocycles. The van der Waals surface area contributed by atoms with Gasteiger partial charge in [0.05, 0.1) is 6.10 Å². The van der Waals surface area contributed by atoms with E-state index in [1.54, 1.807) is 0 Å². The first-order chi connectivity index (χ1) is 9.80. The normalized spacial score (nSPS) is 45.6. The van der Waals surface area contributed by atoms with E-state index in [0.29, 0.717) is 18.4 Å². The van der Waals surface area contributed by atoms with Gasteiger partial charge in [0.2, 0.25) is 0 Å². The predicted molar refractivity (Wildman–Crippen MR) is 77.7 cm³/mol. The van der Waals surface area contributed by atoms with E-state index in [0.717, 1.165) is 24.8 Å². The minimum Gasteiger partial charge on any atom is -0.450 e. The molecule has 1 aliphatic heterocycles. The maximum atomic E-state index is 12.4. The molecule has 0 amide bonds. The molecule has 4 heteroatoms. The molecule has 5 atom stereocenters. The van der Waals surface area contributed by atoms with Gasteiger partial charge in [-0.1, -0.05) is 19.9 Å². The van der Waals surface area contributed by atoms with Crippen LogP contribution in [-0.4, -0.2) is 29.6 Å². The third-order valence-corrected chi connectivity index (χ3v) is 5.87. The third kappa shape index (κ3) is 2.07. The molecule has 0 radical (unpaired) electrons. The molecule has 4 nitrogen and oxygen atoms in total. The lowest BCUT2D eigenvalue weighted by Crippen LogP contribution is -2.47. The van der Waals surface area contributed by atoms with Crippen LogP contribution >= 0.6 is 0 Å². The Hall–Kier alpha value is -1.16. The van der Waals surface area contributed by atoms with Crippen LogP contribution in [0.15, 0.2) is 11.6 Å². The minimum absolute atomic E-state index is 0.0112. The van der Waals surface area contributed by atoms with E-state index in [4.69, 9.17) is 9.47 Å². The average Bonchev–Trinajstić information content (AvgIpc) is 3.13. The molecule has 0 unspecified atom stereocenters. The van der Waals surface area contributed by atoms with E-state index in [2.05, 4.69) is 19.9 Å². The second kappa shape index (κ2) is 4.67. The predicted octanol–water partition coefficient (Wildman–Crippen LogP) is 2.80. The highest BCUT2D eigenvalue weighted by Crippen LogP contribution is 2.64. The lowest BCUT2D eigenvalue weighted by atomic mass is 9.58. The van der Waals surface area contributed by atoms with Crippen molar-refractivity contribution in [2.75, 3.05) is 0 Å². The Bertz CT molecular complexity index is 523. The monoisotopic (exact) mass is 292 g/mol. The summed E-state index contributed by atoms with van der Waals surface area (Å²) in [5.74, 6) is 0.0824. The van der Waals surface area contributed by atoms with Crippen LogP contribution in [0.2, 0.25) is 0 Å². The standard InChI is InChI=1S/C17H24O4/c1-10-9-16(4)11(2)5-6-14-17(16,21-14)8-7-13(19)15(10)20-12(3)18/h9,11,14-15H,5-8H2,1-4H3/t11-,14+,15-,16+,17+/m0/s1. The number of ether oxygens (including phenoxy) is 2. The number of ketones is 1. The van der Waals surface area contributed by atoms with E-state index in [9.17, 15) is 9.59 Å². The molecule has 116 valence electrons. The fourth-order valence-electron chi connectivity index (χ4n) is 4.42. The van der Waals surface area contributed by atoms with E-state index in [1.165, 1.54) is 6.92 Å². The summed E-state index contributed by atoms with van der Waals surface area (Å²) in [6.45, 7) is 7.74. The van der Waals surface area contributed by atoms with Crippen molar-refractivity contribution in [3.63, 3.8) is 0 Å². The van der Waals surface area contributed by atoms with Gasteiger partial charge in [-0.05, 0) is 37.7 Å². The number of rotatable bonds is 1. The smallest absolute Gasteiger partial charge is 0.303 e. The first-order valence-corrected chi connectivity index (χ1v) is 7.87. The quantitative estimate of drug-likeness (QED) is 0.423. The molecule has 0 aromatic rings. The number of hydrogen-bond acceptors (Lipinski definition) is 4. The second-order valence-electron chi connectivity index (χ2n) is 7.10. The van der Waals surface area contributed by atoms with Crippen LogP contribution in [0.5, 0.6) is 0 Å². The summed E-state index contributed by atoms with van der Waals surface area (Å²) >= 11 is 0. The van der Waals surface area contributed by atoms with Gasteiger partial charge in [-0.25, -0.2) is 0 Å². The molecule has 21 heavy (non-hydrogen) atoms. The largest absolute Gasteiger partial charge is 0.450 e. The van der Waals surface area contributed by atoms with Gasteiger partial charge in [0.25, 0.3) is 0 Å². The zero-order chi connectivity index (χ0) is 15.4. The molecule has 0 N–H and O–H groups in total. The van der Waals surface area contributed by atoms with Crippen molar-refractivity contribution < 1.29 is 19.1 Å². The first-order valence-electron chi connectivity index (χ1n) is 7.87. The Labute approximate surface area is 125 Å². The van der Waals surface area contributed by atoms with Crippen molar-refractivity contribution in [2.24, 2.45) is 11.3 Å². The second-order valence-corrected chi connectivity index (χ2v) is 7.10. The number of esters is 1. The van der Waals surface area contributed by atoms with Crippen LogP contribution in [0, 0.1) is 11.3 Å². The maximum Gasteiger partial charge on any atom is 0.303 e. The summed E-state index contributed by atoms with van der Waals surface area (Å²) in [5, 5.41) is 0. The summed E-state index contributed by atoms with van der Waals surface area (Å²) in [7, 11) is 0. The highest BCUT2D eigenvalue weighted by molar-refractivity contribution is 5.88. The molecule has 3 aliphatic rings. The highest BCUT2D eigenvalue weighted by Gasteiger charge is 2.69. The van der Waals surface area contributed by atoms with E-state index >= 15 is 0 Å². The van der Waals surface area contributed by atoms with Crippen molar-refractivity contribution in [2.45, 2.75) is 71.2 Å². The summed E-state index contributed by atoms with van der Waals surface area (Å²) < 4.78 is 11.3. The lowest BCUT2D eigenvalue weighted by Gasteiger charge is -2.44. The molecule has 1 saturated carbocycles. The van der Waals surface area contributed by atoms with Crippen molar-refractivity contribution in [1.82, 2.24) is 0 Å². The Kier molecular flexibility index (Phi) is 3.28. The van der Waals surface area contributed by atoms with E-state index < -0.39 is 12.1 Å². The van der Waals surface area contributed by atoms with Gasteiger partial charge in [-0.3, -0.25) is 9.59 Å². The molecule has 2 fully saturated rings. The zero-order valence-electron chi connectivity index (χ0n) is 13.3. The van der Waals surface area contributed by atoms with Gasteiger partial charge in [-0.2, -0.15) is 0 Å². The maximum absolute atomic E-state index is 12.4. The SMILES string of the molecule is CC(=O)O[C@@H]1C(=O)CC[C@@]23O[C@@H]2CC[C@H](C)[C@@]3(C)C=C1C. The third-order valence-electron chi connectivity index (χ3n) is 5.87. The Morgan fingerprint density at radius 2 is 2.14 bits per heavy atom. The van der Waals surface area contributed by atoms with Crippen LogP contribution < -0.4 is 0 Å². The summed E-state index contributed by atoms with van der Waals surface area (Å²) in [6, 6.07) is 0. The highest BCUT2D eigenvalue weighted by atomic mass is 16.6. The van der Waals surface area contributed by atoms with Crippen molar-refractivity contribution in [3.8, 4) is 0 Å². The van der Waals surface area contributed by atoms with Crippen LogP contribution in [0.3, 0.4) is 0 Å². The zero-order valence-corrected chi connectivity index (χ0v) is 13.3. The lowest BCUT2D eigenvalue weighted by molar-refractivity contribution is -0.151. The number of hydrogen-bond donors (Lipinski definition) is 0. The fraction of sp³-hybridized carbons (Fsp3) is 0.765. The summed E-state index contributed by atoms with van der Waals surface area (Å²) in [6.07, 6.45) is 5.11. The van der Waals surface area contributed by atoms with Gasteiger partial charge in [0.15, 0.2) is 11.9 Å². The van der Waals surface area contributed by atoms with Crippen LogP contribution in [-0.2, 0) is 19.1 Å². The van der Waals surface area contributed by atoms with Gasteiger partial charge < -0.3 is 9.47 Å². The van der Waals surface area contributed by atoms with E-state index in [1.807, 2.05) is 6.92 Å². The van der Waals surface area contributed by atoms with E-state index in [-0.39, 0.29) is 16.8 Å². The van der Waals surface area contributed by atoms with Crippen molar-refractivity contribution >= 4 is 11.8 Å².